The zero-order valence-electron chi connectivity index (χ0n) is 8.05. The van der Waals surface area contributed by atoms with Gasteiger partial charge >= 0.3 is 0 Å². The summed E-state index contributed by atoms with van der Waals surface area (Å²) in [6, 6.07) is 2.58. The molecule has 0 aromatic heterocycles. The van der Waals surface area contributed by atoms with Crippen LogP contribution in [0.1, 0.15) is 18.1 Å². The fraction of sp³-hybridized carbons (Fsp3) is 0.300. The normalized spacial score (nSPS) is 10.9. The van der Waals surface area contributed by atoms with Crippen LogP contribution >= 0.6 is 0 Å². The van der Waals surface area contributed by atoms with Crippen molar-refractivity contribution in [1.82, 2.24) is 0 Å². The van der Waals surface area contributed by atoms with Gasteiger partial charge in [0.05, 0.1) is 11.8 Å². The number of rotatable bonds is 3. The van der Waals surface area contributed by atoms with Crippen molar-refractivity contribution in [3.8, 4) is 0 Å². The van der Waals surface area contributed by atoms with E-state index in [0.29, 0.717) is 12.0 Å². The van der Waals surface area contributed by atoms with Crippen LogP contribution in [-0.2, 0) is 11.3 Å². The molecule has 0 amide bonds. The van der Waals surface area contributed by atoms with Gasteiger partial charge in [0, 0.05) is 0 Å². The molecule has 0 bridgehead atoms. The minimum atomic E-state index is -0.623. The first-order valence-corrected chi connectivity index (χ1v) is 4.23. The van der Waals surface area contributed by atoms with Crippen LogP contribution in [0.2, 0.25) is 0 Å². The van der Waals surface area contributed by atoms with Crippen LogP contribution in [0, 0.1) is 11.6 Å². The smallest absolute Gasteiger partial charge is 0.135 e. The summed E-state index contributed by atoms with van der Waals surface area (Å²) in [4.78, 5) is 4.35. The van der Waals surface area contributed by atoms with E-state index in [0.717, 1.165) is 6.21 Å². The van der Waals surface area contributed by atoms with E-state index in [4.69, 9.17) is 0 Å². The van der Waals surface area contributed by atoms with Gasteiger partial charge in [-0.2, -0.15) is 0 Å². The van der Waals surface area contributed by atoms with Crippen LogP contribution in [0.15, 0.2) is 17.3 Å². The molecule has 0 N–H and O–H groups in total. The standard InChI is InChI=1S/C10H11F2NO/c1-3-7-4-9(11)8(6-13-14-2)10(12)5-7/h4-6H,3H2,1-2H3/b13-6+. The van der Waals surface area contributed by atoms with Crippen molar-refractivity contribution < 1.29 is 13.6 Å². The van der Waals surface area contributed by atoms with Crippen molar-refractivity contribution in [1.29, 1.82) is 0 Å². The largest absolute Gasteiger partial charge is 0.399 e. The number of nitrogens with zero attached hydrogens (tertiary/aromatic N) is 1. The van der Waals surface area contributed by atoms with Crippen LogP contribution in [0.25, 0.3) is 0 Å². The molecule has 1 rings (SSSR count). The van der Waals surface area contributed by atoms with Crippen molar-refractivity contribution in [3.63, 3.8) is 0 Å². The minimum absolute atomic E-state index is 0.177. The second kappa shape index (κ2) is 4.69. The number of halogens is 2. The Morgan fingerprint density at radius 3 is 2.36 bits per heavy atom. The Morgan fingerprint density at radius 1 is 1.36 bits per heavy atom. The zero-order chi connectivity index (χ0) is 10.6. The van der Waals surface area contributed by atoms with Gasteiger partial charge < -0.3 is 4.84 Å². The van der Waals surface area contributed by atoms with Gasteiger partial charge in [-0.05, 0) is 24.1 Å². The molecule has 0 spiro atoms. The van der Waals surface area contributed by atoms with E-state index < -0.39 is 11.6 Å². The predicted molar refractivity (Wildman–Crippen MR) is 50.3 cm³/mol. The van der Waals surface area contributed by atoms with E-state index in [1.807, 2.05) is 6.92 Å². The SMILES string of the molecule is CCc1cc(F)c(/C=N/OC)c(F)c1. The lowest BCUT2D eigenvalue weighted by molar-refractivity contribution is 0.215. The van der Waals surface area contributed by atoms with Gasteiger partial charge in [0.25, 0.3) is 0 Å². The van der Waals surface area contributed by atoms with Gasteiger partial charge in [-0.1, -0.05) is 12.1 Å². The van der Waals surface area contributed by atoms with Crippen LogP contribution in [0.3, 0.4) is 0 Å². The van der Waals surface area contributed by atoms with Crippen molar-refractivity contribution in [2.75, 3.05) is 7.11 Å². The van der Waals surface area contributed by atoms with Crippen molar-refractivity contribution in [2.24, 2.45) is 5.16 Å². The number of benzene rings is 1. The van der Waals surface area contributed by atoms with Gasteiger partial charge in [0.2, 0.25) is 0 Å². The molecular formula is C10H11F2NO. The molecule has 1 aromatic rings. The van der Waals surface area contributed by atoms with Crippen molar-refractivity contribution in [2.45, 2.75) is 13.3 Å². The second-order valence-electron chi connectivity index (χ2n) is 2.74. The maximum Gasteiger partial charge on any atom is 0.135 e. The Balaban J connectivity index is 3.11. The van der Waals surface area contributed by atoms with E-state index in [-0.39, 0.29) is 5.56 Å². The minimum Gasteiger partial charge on any atom is -0.399 e. The highest BCUT2D eigenvalue weighted by molar-refractivity contribution is 5.80. The summed E-state index contributed by atoms with van der Waals surface area (Å²) in [6.45, 7) is 1.83. The Kier molecular flexibility index (Phi) is 3.56. The average molecular weight is 199 g/mol. The highest BCUT2D eigenvalue weighted by atomic mass is 19.1. The van der Waals surface area contributed by atoms with Gasteiger partial charge in [-0.3, -0.25) is 0 Å². The predicted octanol–water partition coefficient (Wildman–Crippen LogP) is 2.51. The molecule has 0 aliphatic carbocycles. The summed E-state index contributed by atoms with van der Waals surface area (Å²) >= 11 is 0. The first-order chi connectivity index (χ1) is 6.69. The fourth-order valence-electron chi connectivity index (χ4n) is 1.07. The molecule has 2 nitrogen and oxygen atoms in total. The summed E-state index contributed by atoms with van der Waals surface area (Å²) in [7, 11) is 1.31. The highest BCUT2D eigenvalue weighted by Gasteiger charge is 2.08. The Hall–Kier alpha value is -1.45. The summed E-state index contributed by atoms with van der Waals surface area (Å²) in [6.07, 6.45) is 1.61. The third-order valence-electron chi connectivity index (χ3n) is 1.83. The third kappa shape index (κ3) is 2.28. The summed E-state index contributed by atoms with van der Waals surface area (Å²) < 4.78 is 26.5. The van der Waals surface area contributed by atoms with E-state index >= 15 is 0 Å². The lowest BCUT2D eigenvalue weighted by Crippen LogP contribution is -1.97. The van der Waals surface area contributed by atoms with E-state index in [2.05, 4.69) is 9.99 Å². The summed E-state index contributed by atoms with van der Waals surface area (Å²) in [5, 5.41) is 3.31. The lowest BCUT2D eigenvalue weighted by Gasteiger charge is -2.02. The second-order valence-corrected chi connectivity index (χ2v) is 2.74. The molecule has 1 aromatic carbocycles. The molecule has 0 fully saturated rings. The number of hydrogen-bond acceptors (Lipinski definition) is 2. The fourth-order valence-corrected chi connectivity index (χ4v) is 1.07. The summed E-state index contributed by atoms with van der Waals surface area (Å²) in [5.41, 5.74) is 0.443. The van der Waals surface area contributed by atoms with Crippen LogP contribution < -0.4 is 0 Å². The van der Waals surface area contributed by atoms with Crippen LogP contribution in [0.4, 0.5) is 8.78 Å². The van der Waals surface area contributed by atoms with Crippen LogP contribution in [0.5, 0.6) is 0 Å². The first-order valence-electron chi connectivity index (χ1n) is 4.23. The average Bonchev–Trinajstić information content (AvgIpc) is 2.16. The Labute approximate surface area is 81.2 Å². The zero-order valence-corrected chi connectivity index (χ0v) is 8.05. The van der Waals surface area contributed by atoms with E-state index in [9.17, 15) is 8.78 Å². The lowest BCUT2D eigenvalue weighted by atomic mass is 10.1. The molecule has 0 heterocycles. The van der Waals surface area contributed by atoms with Gasteiger partial charge in [0.1, 0.15) is 18.7 Å². The van der Waals surface area contributed by atoms with Crippen molar-refractivity contribution in [3.05, 3.63) is 34.9 Å². The highest BCUT2D eigenvalue weighted by Crippen LogP contribution is 2.14. The first kappa shape index (κ1) is 10.6. The molecule has 0 saturated heterocycles. The maximum atomic E-state index is 13.2. The molecule has 0 aliphatic heterocycles. The molecule has 4 heteroatoms. The monoisotopic (exact) mass is 199 g/mol. The third-order valence-corrected chi connectivity index (χ3v) is 1.83. The van der Waals surface area contributed by atoms with Crippen LogP contribution in [-0.4, -0.2) is 13.3 Å². The molecule has 0 unspecified atom stereocenters. The number of hydrogen-bond donors (Lipinski definition) is 0. The Morgan fingerprint density at radius 2 is 1.93 bits per heavy atom. The van der Waals surface area contributed by atoms with Crippen molar-refractivity contribution >= 4 is 6.21 Å². The molecule has 76 valence electrons. The van der Waals surface area contributed by atoms with Gasteiger partial charge in [-0.15, -0.1) is 0 Å². The molecule has 0 atom stereocenters. The topological polar surface area (TPSA) is 21.6 Å². The molecule has 0 aliphatic rings. The maximum absolute atomic E-state index is 13.2. The van der Waals surface area contributed by atoms with Gasteiger partial charge in [0.15, 0.2) is 0 Å². The van der Waals surface area contributed by atoms with E-state index in [1.54, 1.807) is 0 Å². The van der Waals surface area contributed by atoms with Gasteiger partial charge in [-0.25, -0.2) is 8.78 Å². The molecule has 0 radical (unpaired) electrons. The molecule has 0 saturated carbocycles. The molecular weight excluding hydrogens is 188 g/mol. The quantitative estimate of drug-likeness (QED) is 0.541. The number of oxime groups is 1. The Bertz CT molecular complexity index is 327. The number of aryl methyl sites for hydroxylation is 1. The van der Waals surface area contributed by atoms with E-state index in [1.165, 1.54) is 19.2 Å². The summed E-state index contributed by atoms with van der Waals surface area (Å²) in [5.74, 6) is -1.25. The molecule has 14 heavy (non-hydrogen) atoms.